The Bertz CT molecular complexity index is 776. The highest BCUT2D eigenvalue weighted by atomic mass is 19.4. The molecule has 0 amide bonds. The summed E-state index contributed by atoms with van der Waals surface area (Å²) in [5.74, 6) is 0.719. The Hall–Kier alpha value is -2.61. The van der Waals surface area contributed by atoms with E-state index in [0.29, 0.717) is 12.1 Å². The summed E-state index contributed by atoms with van der Waals surface area (Å²) in [4.78, 5) is 8.66. The van der Waals surface area contributed by atoms with Gasteiger partial charge in [0.2, 0.25) is 0 Å². The summed E-state index contributed by atoms with van der Waals surface area (Å²) in [5.41, 5.74) is 4.06. The highest BCUT2D eigenvalue weighted by molar-refractivity contribution is 5.79. The SMILES string of the molecule is CCNC(=NCc1ccc(COCC(F)(F)F)cc1)NCCc1ccncc1C. The maximum Gasteiger partial charge on any atom is 0.411 e. The molecule has 2 rings (SSSR count). The smallest absolute Gasteiger partial charge is 0.367 e. The third kappa shape index (κ3) is 8.95. The van der Waals surface area contributed by atoms with Crippen LogP contribution in [0.25, 0.3) is 0 Å². The molecular formula is C21H27F3N4O. The predicted octanol–water partition coefficient (Wildman–Crippen LogP) is 3.77. The third-order valence-electron chi connectivity index (χ3n) is 4.14. The average molecular weight is 408 g/mol. The minimum absolute atomic E-state index is 0.0678. The summed E-state index contributed by atoms with van der Waals surface area (Å²) < 4.78 is 41.0. The molecule has 8 heteroatoms. The largest absolute Gasteiger partial charge is 0.411 e. The highest BCUT2D eigenvalue weighted by Crippen LogP contribution is 2.16. The summed E-state index contributed by atoms with van der Waals surface area (Å²) in [6.07, 6.45) is 0.206. The van der Waals surface area contributed by atoms with Gasteiger partial charge in [0, 0.05) is 25.5 Å². The molecule has 0 saturated heterocycles. The lowest BCUT2D eigenvalue weighted by Gasteiger charge is -2.12. The molecule has 1 heterocycles. The van der Waals surface area contributed by atoms with Crippen molar-refractivity contribution in [2.24, 2.45) is 4.99 Å². The van der Waals surface area contributed by atoms with Crippen LogP contribution in [0.2, 0.25) is 0 Å². The van der Waals surface area contributed by atoms with Gasteiger partial charge >= 0.3 is 6.18 Å². The summed E-state index contributed by atoms with van der Waals surface area (Å²) in [5, 5.41) is 6.52. The Morgan fingerprint density at radius 2 is 1.83 bits per heavy atom. The number of rotatable bonds is 9. The van der Waals surface area contributed by atoms with Crippen molar-refractivity contribution in [3.63, 3.8) is 0 Å². The first-order valence-corrected chi connectivity index (χ1v) is 9.51. The van der Waals surface area contributed by atoms with Gasteiger partial charge in [-0.3, -0.25) is 4.98 Å². The van der Waals surface area contributed by atoms with Gasteiger partial charge in [-0.1, -0.05) is 24.3 Å². The number of ether oxygens (including phenoxy) is 1. The molecule has 0 aliphatic carbocycles. The van der Waals surface area contributed by atoms with Gasteiger partial charge in [-0.2, -0.15) is 13.2 Å². The Morgan fingerprint density at radius 3 is 2.48 bits per heavy atom. The fourth-order valence-corrected chi connectivity index (χ4v) is 2.64. The lowest BCUT2D eigenvalue weighted by Crippen LogP contribution is -2.38. The van der Waals surface area contributed by atoms with Crippen LogP contribution in [0.1, 0.15) is 29.2 Å². The molecule has 0 aliphatic heterocycles. The number of nitrogens with one attached hydrogen (secondary N) is 2. The minimum atomic E-state index is -4.31. The molecule has 5 nitrogen and oxygen atoms in total. The van der Waals surface area contributed by atoms with Crippen LogP contribution in [-0.4, -0.2) is 36.8 Å². The summed E-state index contributed by atoms with van der Waals surface area (Å²) in [6, 6.07) is 9.22. The molecule has 0 saturated carbocycles. The number of aryl methyl sites for hydroxylation is 1. The van der Waals surface area contributed by atoms with Crippen molar-refractivity contribution in [3.05, 3.63) is 65.0 Å². The van der Waals surface area contributed by atoms with Crippen molar-refractivity contribution >= 4 is 5.96 Å². The molecular weight excluding hydrogens is 381 g/mol. The number of halogens is 3. The Kier molecular flexibility index (Phi) is 8.92. The second-order valence-corrected chi connectivity index (χ2v) is 6.60. The lowest BCUT2D eigenvalue weighted by molar-refractivity contribution is -0.176. The minimum Gasteiger partial charge on any atom is -0.367 e. The number of alkyl halides is 3. The van der Waals surface area contributed by atoms with E-state index in [-0.39, 0.29) is 6.61 Å². The molecule has 1 aromatic heterocycles. The van der Waals surface area contributed by atoms with E-state index in [2.05, 4.69) is 25.3 Å². The maximum atomic E-state index is 12.1. The first-order valence-electron chi connectivity index (χ1n) is 9.51. The van der Waals surface area contributed by atoms with E-state index >= 15 is 0 Å². The van der Waals surface area contributed by atoms with Crippen LogP contribution in [0.4, 0.5) is 13.2 Å². The maximum absolute atomic E-state index is 12.1. The Balaban J connectivity index is 1.83. The van der Waals surface area contributed by atoms with Gasteiger partial charge in [-0.25, -0.2) is 4.99 Å². The molecule has 1 aromatic carbocycles. The molecule has 2 N–H and O–H groups in total. The standard InChI is InChI=1S/C21H27F3N4O/c1-3-26-20(27-11-9-19-8-10-25-12-16(19)2)28-13-17-4-6-18(7-5-17)14-29-15-21(22,23)24/h4-8,10,12H,3,9,11,13-15H2,1-2H3,(H2,26,27,28). The van der Waals surface area contributed by atoms with E-state index in [1.54, 1.807) is 18.3 Å². The summed E-state index contributed by atoms with van der Waals surface area (Å²) in [6.45, 7) is 4.69. The van der Waals surface area contributed by atoms with Crippen LogP contribution < -0.4 is 10.6 Å². The number of aliphatic imine (C=N–C) groups is 1. The van der Waals surface area contributed by atoms with Gasteiger partial charge in [0.15, 0.2) is 5.96 Å². The van der Waals surface area contributed by atoms with Crippen molar-refractivity contribution in [1.82, 2.24) is 15.6 Å². The van der Waals surface area contributed by atoms with E-state index < -0.39 is 12.8 Å². The van der Waals surface area contributed by atoms with Crippen LogP contribution in [-0.2, 0) is 24.3 Å². The number of nitrogens with zero attached hydrogens (tertiary/aromatic N) is 2. The van der Waals surface area contributed by atoms with Crippen LogP contribution in [0.15, 0.2) is 47.7 Å². The van der Waals surface area contributed by atoms with Crippen molar-refractivity contribution < 1.29 is 17.9 Å². The monoisotopic (exact) mass is 408 g/mol. The molecule has 0 radical (unpaired) electrons. The van der Waals surface area contributed by atoms with Gasteiger partial charge in [0.25, 0.3) is 0 Å². The van der Waals surface area contributed by atoms with Crippen LogP contribution in [0.5, 0.6) is 0 Å². The number of hydrogen-bond donors (Lipinski definition) is 2. The van der Waals surface area contributed by atoms with Gasteiger partial charge in [-0.05, 0) is 48.6 Å². The Labute approximate surface area is 169 Å². The van der Waals surface area contributed by atoms with Gasteiger partial charge in [0.05, 0.1) is 13.2 Å². The molecule has 0 bridgehead atoms. The van der Waals surface area contributed by atoms with Crippen LogP contribution in [0.3, 0.4) is 0 Å². The van der Waals surface area contributed by atoms with E-state index in [1.807, 2.05) is 38.2 Å². The second-order valence-electron chi connectivity index (χ2n) is 6.60. The van der Waals surface area contributed by atoms with Crippen molar-refractivity contribution in [2.75, 3.05) is 19.7 Å². The van der Waals surface area contributed by atoms with E-state index in [0.717, 1.165) is 36.6 Å². The van der Waals surface area contributed by atoms with Gasteiger partial charge in [-0.15, -0.1) is 0 Å². The zero-order chi connectivity index (χ0) is 21.1. The molecule has 158 valence electrons. The average Bonchev–Trinajstić information content (AvgIpc) is 2.67. The normalized spacial score (nSPS) is 12.1. The first kappa shape index (κ1) is 22.7. The first-order chi connectivity index (χ1) is 13.9. The molecule has 0 spiro atoms. The number of hydrogen-bond acceptors (Lipinski definition) is 3. The number of aromatic nitrogens is 1. The fourth-order valence-electron chi connectivity index (χ4n) is 2.64. The summed E-state index contributed by atoms with van der Waals surface area (Å²) >= 11 is 0. The fraction of sp³-hybridized carbons (Fsp3) is 0.429. The molecule has 0 aliphatic rings. The molecule has 2 aromatic rings. The highest BCUT2D eigenvalue weighted by Gasteiger charge is 2.27. The topological polar surface area (TPSA) is 58.5 Å². The van der Waals surface area contributed by atoms with E-state index in [1.165, 1.54) is 5.56 Å². The zero-order valence-corrected chi connectivity index (χ0v) is 16.7. The zero-order valence-electron chi connectivity index (χ0n) is 16.7. The predicted molar refractivity (Wildman–Crippen MR) is 108 cm³/mol. The molecule has 0 unspecified atom stereocenters. The molecule has 0 atom stereocenters. The number of pyridine rings is 1. The molecule has 29 heavy (non-hydrogen) atoms. The third-order valence-corrected chi connectivity index (χ3v) is 4.14. The molecule has 0 fully saturated rings. The van der Waals surface area contributed by atoms with E-state index in [4.69, 9.17) is 0 Å². The van der Waals surface area contributed by atoms with Crippen molar-refractivity contribution in [3.8, 4) is 0 Å². The van der Waals surface area contributed by atoms with Gasteiger partial charge < -0.3 is 15.4 Å². The van der Waals surface area contributed by atoms with Crippen molar-refractivity contribution in [2.45, 2.75) is 39.6 Å². The van der Waals surface area contributed by atoms with Gasteiger partial charge in [0.1, 0.15) is 6.61 Å². The van der Waals surface area contributed by atoms with Crippen molar-refractivity contribution in [1.29, 1.82) is 0 Å². The van der Waals surface area contributed by atoms with E-state index in [9.17, 15) is 13.2 Å². The second kappa shape index (κ2) is 11.4. The number of benzene rings is 1. The Morgan fingerprint density at radius 1 is 1.10 bits per heavy atom. The van der Waals surface area contributed by atoms with Crippen LogP contribution >= 0.6 is 0 Å². The quantitative estimate of drug-likeness (QED) is 0.490. The number of guanidine groups is 1. The summed E-state index contributed by atoms with van der Waals surface area (Å²) in [7, 11) is 0. The lowest BCUT2D eigenvalue weighted by atomic mass is 10.1. The van der Waals surface area contributed by atoms with Crippen LogP contribution in [0, 0.1) is 6.92 Å².